The monoisotopic (exact) mass is 318 g/mol. The van der Waals surface area contributed by atoms with Gasteiger partial charge in [-0.25, -0.2) is 0 Å². The van der Waals surface area contributed by atoms with E-state index < -0.39 is 8.07 Å². The van der Waals surface area contributed by atoms with Crippen LogP contribution in [0.4, 0.5) is 0 Å². The molecule has 1 aromatic rings. The molecule has 0 fully saturated rings. The number of benzene rings is 1. The van der Waals surface area contributed by atoms with E-state index in [0.717, 1.165) is 16.5 Å². The molecule has 0 aliphatic heterocycles. The fourth-order valence-corrected chi connectivity index (χ4v) is 4.16. The lowest BCUT2D eigenvalue weighted by Crippen LogP contribution is -2.32. The van der Waals surface area contributed by atoms with Gasteiger partial charge in [0.2, 0.25) is 0 Å². The van der Waals surface area contributed by atoms with E-state index in [-0.39, 0.29) is 11.9 Å². The molecule has 4 heteroatoms. The Morgan fingerprint density at radius 1 is 1.27 bits per heavy atom. The molecule has 0 saturated heterocycles. The minimum absolute atomic E-state index is 0.171. The standard InChI is InChI=1S/C18H26O3Si/c1-7-21-18(19)14(2)17(22(4,5)6)13-10-15-8-11-16(20-3)12-9-15/h8-12,14H,7H2,1-6H3/t13?,14-/m0/s1. The first-order valence-corrected chi connectivity index (χ1v) is 11.1. The molecular formula is C18H26O3Si. The van der Waals surface area contributed by atoms with Crippen molar-refractivity contribution in [2.24, 2.45) is 5.92 Å². The van der Waals surface area contributed by atoms with Gasteiger partial charge in [0.05, 0.1) is 27.7 Å². The van der Waals surface area contributed by atoms with E-state index in [1.54, 1.807) is 7.11 Å². The summed E-state index contributed by atoms with van der Waals surface area (Å²) in [4.78, 5) is 12.0. The second kappa shape index (κ2) is 8.02. The van der Waals surface area contributed by atoms with Crippen LogP contribution in [-0.2, 0) is 9.53 Å². The number of carbonyl (C=O) groups excluding carboxylic acids is 1. The van der Waals surface area contributed by atoms with E-state index in [1.807, 2.05) is 44.2 Å². The second-order valence-electron chi connectivity index (χ2n) is 6.20. The zero-order valence-corrected chi connectivity index (χ0v) is 15.4. The first kappa shape index (κ1) is 18.3. The van der Waals surface area contributed by atoms with Crippen molar-refractivity contribution in [1.29, 1.82) is 0 Å². The van der Waals surface area contributed by atoms with Gasteiger partial charge in [-0.3, -0.25) is 4.79 Å². The average molecular weight is 318 g/mol. The number of rotatable bonds is 6. The van der Waals surface area contributed by atoms with Gasteiger partial charge in [-0.1, -0.05) is 31.8 Å². The Kier molecular flexibility index (Phi) is 6.66. The molecule has 0 aromatic heterocycles. The zero-order chi connectivity index (χ0) is 16.8. The van der Waals surface area contributed by atoms with Gasteiger partial charge in [0, 0.05) is 0 Å². The molecule has 0 saturated carbocycles. The predicted octanol–water partition coefficient (Wildman–Crippen LogP) is 4.31. The van der Waals surface area contributed by atoms with Crippen LogP contribution in [0.3, 0.4) is 0 Å². The van der Waals surface area contributed by atoms with Gasteiger partial charge >= 0.3 is 5.97 Å². The summed E-state index contributed by atoms with van der Waals surface area (Å²) in [5, 5.41) is 1.07. The molecule has 0 unspecified atom stereocenters. The lowest BCUT2D eigenvalue weighted by atomic mass is 10.1. The molecule has 1 rings (SSSR count). The fourth-order valence-electron chi connectivity index (χ4n) is 2.24. The van der Waals surface area contributed by atoms with Crippen molar-refractivity contribution in [3.8, 4) is 5.75 Å². The van der Waals surface area contributed by atoms with E-state index in [0.29, 0.717) is 6.61 Å². The Hall–Kier alpha value is -1.77. The van der Waals surface area contributed by atoms with E-state index >= 15 is 0 Å². The summed E-state index contributed by atoms with van der Waals surface area (Å²) < 4.78 is 10.3. The van der Waals surface area contributed by atoms with Crippen LogP contribution in [0.2, 0.25) is 19.6 Å². The molecule has 1 atom stereocenters. The van der Waals surface area contributed by atoms with E-state index in [9.17, 15) is 4.79 Å². The van der Waals surface area contributed by atoms with Crippen molar-refractivity contribution in [2.75, 3.05) is 13.7 Å². The smallest absolute Gasteiger partial charge is 0.313 e. The predicted molar refractivity (Wildman–Crippen MR) is 93.6 cm³/mol. The van der Waals surface area contributed by atoms with Gasteiger partial charge in [-0.15, -0.1) is 5.73 Å². The summed E-state index contributed by atoms with van der Waals surface area (Å²) in [5.74, 6) is 0.406. The molecule has 1 aromatic carbocycles. The number of esters is 1. The first-order valence-electron chi connectivity index (χ1n) is 7.57. The number of methoxy groups -OCH3 is 1. The first-order chi connectivity index (χ1) is 10.3. The van der Waals surface area contributed by atoms with Crippen LogP contribution >= 0.6 is 0 Å². The third-order valence-corrected chi connectivity index (χ3v) is 5.58. The Labute approximate surface area is 134 Å². The van der Waals surface area contributed by atoms with Gasteiger partial charge in [-0.2, -0.15) is 0 Å². The number of carbonyl (C=O) groups is 1. The van der Waals surface area contributed by atoms with Gasteiger partial charge in [0.1, 0.15) is 5.75 Å². The van der Waals surface area contributed by atoms with Crippen LogP contribution in [0.1, 0.15) is 19.4 Å². The third-order valence-electron chi connectivity index (χ3n) is 3.39. The van der Waals surface area contributed by atoms with Gasteiger partial charge in [0.25, 0.3) is 0 Å². The Bertz CT molecular complexity index is 561. The highest BCUT2D eigenvalue weighted by Gasteiger charge is 2.29. The largest absolute Gasteiger partial charge is 0.497 e. The molecule has 0 bridgehead atoms. The number of ether oxygens (including phenoxy) is 2. The van der Waals surface area contributed by atoms with Crippen LogP contribution in [0.5, 0.6) is 5.75 Å². The van der Waals surface area contributed by atoms with Gasteiger partial charge < -0.3 is 9.47 Å². The minimum atomic E-state index is -1.66. The molecule has 22 heavy (non-hydrogen) atoms. The summed E-state index contributed by atoms with van der Waals surface area (Å²) in [5.41, 5.74) is 4.40. The van der Waals surface area contributed by atoms with Crippen molar-refractivity contribution in [3.05, 3.63) is 40.8 Å². The molecule has 0 amide bonds. The lowest BCUT2D eigenvalue weighted by molar-refractivity contribution is -0.145. The average Bonchev–Trinajstić information content (AvgIpc) is 2.46. The zero-order valence-electron chi connectivity index (χ0n) is 14.4. The Morgan fingerprint density at radius 3 is 2.32 bits per heavy atom. The molecular weight excluding hydrogens is 292 g/mol. The maximum absolute atomic E-state index is 12.0. The lowest BCUT2D eigenvalue weighted by Gasteiger charge is -2.23. The number of hydrogen-bond acceptors (Lipinski definition) is 3. The van der Waals surface area contributed by atoms with Crippen molar-refractivity contribution >= 4 is 20.1 Å². The minimum Gasteiger partial charge on any atom is -0.497 e. The fraction of sp³-hybridized carbons (Fsp3) is 0.444. The molecule has 3 nitrogen and oxygen atoms in total. The number of hydrogen-bond donors (Lipinski definition) is 0. The molecule has 0 spiro atoms. The summed E-state index contributed by atoms with van der Waals surface area (Å²) >= 11 is 0. The van der Waals surface area contributed by atoms with Crippen molar-refractivity contribution < 1.29 is 14.3 Å². The van der Waals surface area contributed by atoms with Crippen LogP contribution in [0, 0.1) is 5.92 Å². The molecule has 0 heterocycles. The van der Waals surface area contributed by atoms with Crippen LogP contribution in [0.25, 0.3) is 6.08 Å². The summed E-state index contributed by atoms with van der Waals surface area (Å²) in [6.45, 7) is 10.8. The summed E-state index contributed by atoms with van der Waals surface area (Å²) in [6, 6.07) is 7.78. The van der Waals surface area contributed by atoms with Gasteiger partial charge in [0.15, 0.2) is 0 Å². The van der Waals surface area contributed by atoms with Crippen LogP contribution in [0.15, 0.2) is 35.2 Å². The maximum atomic E-state index is 12.0. The van der Waals surface area contributed by atoms with E-state index in [2.05, 4.69) is 25.4 Å². The highest BCUT2D eigenvalue weighted by Crippen LogP contribution is 2.23. The third kappa shape index (κ3) is 5.21. The SMILES string of the molecule is CCOC(=O)[C@@H](C)C(=C=Cc1ccc(OC)cc1)[Si](C)(C)C. The summed E-state index contributed by atoms with van der Waals surface area (Å²) in [6.07, 6.45) is 1.93. The molecule has 0 aliphatic rings. The quantitative estimate of drug-likeness (QED) is 0.445. The van der Waals surface area contributed by atoms with Crippen molar-refractivity contribution in [1.82, 2.24) is 0 Å². The Balaban J connectivity index is 3.14. The van der Waals surface area contributed by atoms with E-state index in [4.69, 9.17) is 9.47 Å². The molecule has 120 valence electrons. The van der Waals surface area contributed by atoms with Crippen molar-refractivity contribution in [2.45, 2.75) is 33.5 Å². The van der Waals surface area contributed by atoms with E-state index in [1.165, 1.54) is 0 Å². The van der Waals surface area contributed by atoms with Crippen LogP contribution < -0.4 is 4.74 Å². The summed E-state index contributed by atoms with van der Waals surface area (Å²) in [7, 11) is -0.0165. The van der Waals surface area contributed by atoms with Crippen molar-refractivity contribution in [3.63, 3.8) is 0 Å². The van der Waals surface area contributed by atoms with Crippen LogP contribution in [-0.4, -0.2) is 27.8 Å². The second-order valence-corrected chi connectivity index (χ2v) is 11.2. The highest BCUT2D eigenvalue weighted by atomic mass is 28.3. The topological polar surface area (TPSA) is 35.5 Å². The highest BCUT2D eigenvalue weighted by molar-refractivity contribution is 6.83. The van der Waals surface area contributed by atoms with Gasteiger partial charge in [-0.05, 0) is 42.8 Å². The maximum Gasteiger partial charge on any atom is 0.313 e. The molecule has 0 radical (unpaired) electrons. The molecule has 0 aliphatic carbocycles. The molecule has 0 N–H and O–H groups in total. The Morgan fingerprint density at radius 2 is 1.86 bits per heavy atom. The normalized spacial score (nSPS) is 12.1.